The molecule has 0 saturated carbocycles. The number of cyclic esters (lactones) is 1. The quantitative estimate of drug-likeness (QED) is 0.802. The standard InChI is InChI=1S/C15H13NO4/c1-18-10-5-3-9(4-6-10)13-12-11(15(17)20-13)7-8-16-14(12)19-2/h3-8,13H,1-2H3. The van der Waals surface area contributed by atoms with E-state index in [0.29, 0.717) is 17.0 Å². The molecule has 0 bridgehead atoms. The number of carbonyl (C=O) groups is 1. The number of methoxy groups -OCH3 is 2. The Kier molecular flexibility index (Phi) is 3.02. The van der Waals surface area contributed by atoms with Gasteiger partial charge in [0, 0.05) is 6.20 Å². The Morgan fingerprint density at radius 3 is 2.50 bits per heavy atom. The van der Waals surface area contributed by atoms with Crippen molar-refractivity contribution in [3.63, 3.8) is 0 Å². The van der Waals surface area contributed by atoms with E-state index in [1.807, 2.05) is 24.3 Å². The number of pyridine rings is 1. The molecule has 1 aromatic carbocycles. The molecule has 1 unspecified atom stereocenters. The van der Waals surface area contributed by atoms with Gasteiger partial charge in [0.1, 0.15) is 5.75 Å². The lowest BCUT2D eigenvalue weighted by molar-refractivity contribution is 0.0454. The van der Waals surface area contributed by atoms with Crippen LogP contribution in [0, 0.1) is 0 Å². The van der Waals surface area contributed by atoms with Crippen LogP contribution in [0.5, 0.6) is 11.6 Å². The summed E-state index contributed by atoms with van der Waals surface area (Å²) >= 11 is 0. The van der Waals surface area contributed by atoms with Crippen molar-refractivity contribution in [2.24, 2.45) is 0 Å². The normalized spacial score (nSPS) is 16.5. The summed E-state index contributed by atoms with van der Waals surface area (Å²) in [6, 6.07) is 9.01. The van der Waals surface area contributed by atoms with Crippen molar-refractivity contribution in [1.82, 2.24) is 4.98 Å². The van der Waals surface area contributed by atoms with Gasteiger partial charge in [-0.05, 0) is 23.8 Å². The third-order valence-electron chi connectivity index (χ3n) is 3.27. The van der Waals surface area contributed by atoms with Gasteiger partial charge in [-0.3, -0.25) is 0 Å². The number of rotatable bonds is 3. The first-order chi connectivity index (χ1) is 9.74. The van der Waals surface area contributed by atoms with Crippen LogP contribution in [-0.4, -0.2) is 25.2 Å². The summed E-state index contributed by atoms with van der Waals surface area (Å²) in [5.41, 5.74) is 2.02. The molecule has 102 valence electrons. The van der Waals surface area contributed by atoms with E-state index in [4.69, 9.17) is 14.2 Å². The topological polar surface area (TPSA) is 57.7 Å². The molecule has 1 aliphatic heterocycles. The SMILES string of the molecule is COc1ccc(C2OC(=O)c3ccnc(OC)c32)cc1. The Balaban J connectivity index is 2.07. The van der Waals surface area contributed by atoms with E-state index in [1.165, 1.54) is 13.3 Å². The monoisotopic (exact) mass is 271 g/mol. The first-order valence-corrected chi connectivity index (χ1v) is 6.12. The molecule has 0 fully saturated rings. The molecule has 0 N–H and O–H groups in total. The lowest BCUT2D eigenvalue weighted by Crippen LogP contribution is -2.02. The van der Waals surface area contributed by atoms with E-state index >= 15 is 0 Å². The molecule has 0 spiro atoms. The highest BCUT2D eigenvalue weighted by Gasteiger charge is 2.35. The van der Waals surface area contributed by atoms with Crippen molar-refractivity contribution in [2.75, 3.05) is 14.2 Å². The molecule has 2 heterocycles. The lowest BCUT2D eigenvalue weighted by Gasteiger charge is -2.13. The van der Waals surface area contributed by atoms with E-state index in [2.05, 4.69) is 4.98 Å². The largest absolute Gasteiger partial charge is 0.497 e. The van der Waals surface area contributed by atoms with Crippen LogP contribution >= 0.6 is 0 Å². The zero-order chi connectivity index (χ0) is 14.1. The average molecular weight is 271 g/mol. The van der Waals surface area contributed by atoms with Crippen LogP contribution in [0.1, 0.15) is 27.6 Å². The Morgan fingerprint density at radius 1 is 1.10 bits per heavy atom. The fourth-order valence-electron chi connectivity index (χ4n) is 2.29. The number of hydrogen-bond acceptors (Lipinski definition) is 5. The maximum Gasteiger partial charge on any atom is 0.339 e. The van der Waals surface area contributed by atoms with Gasteiger partial charge in [-0.2, -0.15) is 0 Å². The Labute approximate surface area is 116 Å². The predicted octanol–water partition coefficient (Wildman–Crippen LogP) is 2.36. The van der Waals surface area contributed by atoms with Crippen molar-refractivity contribution < 1.29 is 19.0 Å². The first-order valence-electron chi connectivity index (χ1n) is 6.12. The van der Waals surface area contributed by atoms with E-state index in [-0.39, 0.29) is 5.97 Å². The highest BCUT2D eigenvalue weighted by atomic mass is 16.6. The minimum Gasteiger partial charge on any atom is -0.497 e. The Hall–Kier alpha value is -2.56. The van der Waals surface area contributed by atoms with Gasteiger partial charge in [-0.25, -0.2) is 9.78 Å². The van der Waals surface area contributed by atoms with Crippen molar-refractivity contribution in [1.29, 1.82) is 0 Å². The molecule has 0 saturated heterocycles. The summed E-state index contributed by atoms with van der Waals surface area (Å²) in [5, 5.41) is 0. The van der Waals surface area contributed by atoms with Crippen LogP contribution in [0.25, 0.3) is 0 Å². The average Bonchev–Trinajstić information content (AvgIpc) is 2.85. The number of aromatic nitrogens is 1. The molecule has 1 aliphatic rings. The van der Waals surface area contributed by atoms with E-state index in [9.17, 15) is 4.79 Å². The Morgan fingerprint density at radius 2 is 1.85 bits per heavy atom. The van der Waals surface area contributed by atoms with E-state index < -0.39 is 6.10 Å². The number of benzene rings is 1. The van der Waals surface area contributed by atoms with Gasteiger partial charge >= 0.3 is 5.97 Å². The summed E-state index contributed by atoms with van der Waals surface area (Å²) in [6.45, 7) is 0. The molecule has 5 heteroatoms. The van der Waals surface area contributed by atoms with Gasteiger partial charge in [-0.15, -0.1) is 0 Å². The maximum absolute atomic E-state index is 11.9. The lowest BCUT2D eigenvalue weighted by atomic mass is 10.0. The number of nitrogens with zero attached hydrogens (tertiary/aromatic N) is 1. The molecule has 3 rings (SSSR count). The van der Waals surface area contributed by atoms with Gasteiger partial charge in [0.15, 0.2) is 6.10 Å². The molecule has 1 aromatic heterocycles. The van der Waals surface area contributed by atoms with Gasteiger partial charge in [0.2, 0.25) is 5.88 Å². The fraction of sp³-hybridized carbons (Fsp3) is 0.200. The molecule has 5 nitrogen and oxygen atoms in total. The number of esters is 1. The van der Waals surface area contributed by atoms with Crippen LogP contribution in [0.15, 0.2) is 36.5 Å². The second kappa shape index (κ2) is 4.85. The van der Waals surface area contributed by atoms with E-state index in [0.717, 1.165) is 11.3 Å². The smallest absolute Gasteiger partial charge is 0.339 e. The van der Waals surface area contributed by atoms with Gasteiger partial charge in [0.05, 0.1) is 25.3 Å². The second-order valence-corrected chi connectivity index (χ2v) is 4.34. The molecular formula is C15H13NO4. The molecule has 0 aliphatic carbocycles. The van der Waals surface area contributed by atoms with Crippen molar-refractivity contribution in [3.8, 4) is 11.6 Å². The minimum absolute atomic E-state index is 0.360. The van der Waals surface area contributed by atoms with Gasteiger partial charge in [0.25, 0.3) is 0 Å². The zero-order valence-electron chi connectivity index (χ0n) is 11.1. The maximum atomic E-state index is 11.9. The fourth-order valence-corrected chi connectivity index (χ4v) is 2.29. The van der Waals surface area contributed by atoms with Crippen LogP contribution in [0.4, 0.5) is 0 Å². The van der Waals surface area contributed by atoms with Crippen LogP contribution in [-0.2, 0) is 4.74 Å². The van der Waals surface area contributed by atoms with Gasteiger partial charge in [-0.1, -0.05) is 12.1 Å². The molecule has 2 aromatic rings. The minimum atomic E-state index is -0.493. The van der Waals surface area contributed by atoms with Crippen molar-refractivity contribution in [2.45, 2.75) is 6.10 Å². The number of fused-ring (bicyclic) bond motifs is 1. The molecule has 1 atom stereocenters. The van der Waals surface area contributed by atoms with Gasteiger partial charge < -0.3 is 14.2 Å². The van der Waals surface area contributed by atoms with Crippen LogP contribution in [0.2, 0.25) is 0 Å². The van der Waals surface area contributed by atoms with Crippen molar-refractivity contribution in [3.05, 3.63) is 53.2 Å². The highest BCUT2D eigenvalue weighted by Crippen LogP contribution is 2.40. The second-order valence-electron chi connectivity index (χ2n) is 4.34. The summed E-state index contributed by atoms with van der Waals surface area (Å²) in [6.07, 6.45) is 1.04. The zero-order valence-corrected chi connectivity index (χ0v) is 11.1. The number of carbonyl (C=O) groups excluding carboxylic acids is 1. The first kappa shape index (κ1) is 12.5. The Bertz CT molecular complexity index is 651. The third kappa shape index (κ3) is 1.87. The molecule has 20 heavy (non-hydrogen) atoms. The van der Waals surface area contributed by atoms with Crippen LogP contribution in [0.3, 0.4) is 0 Å². The molecule has 0 radical (unpaired) electrons. The highest BCUT2D eigenvalue weighted by molar-refractivity contribution is 5.95. The van der Waals surface area contributed by atoms with Crippen molar-refractivity contribution >= 4 is 5.97 Å². The summed E-state index contributed by atoms with van der Waals surface area (Å²) < 4.78 is 15.8. The predicted molar refractivity (Wildman–Crippen MR) is 71.0 cm³/mol. The third-order valence-corrected chi connectivity index (χ3v) is 3.27. The number of ether oxygens (including phenoxy) is 3. The number of hydrogen-bond donors (Lipinski definition) is 0. The summed E-state index contributed by atoms with van der Waals surface area (Å²) in [7, 11) is 3.13. The summed E-state index contributed by atoms with van der Waals surface area (Å²) in [4.78, 5) is 16.0. The van der Waals surface area contributed by atoms with Crippen LogP contribution < -0.4 is 9.47 Å². The molecule has 0 amide bonds. The van der Waals surface area contributed by atoms with E-state index in [1.54, 1.807) is 13.2 Å². The summed E-state index contributed by atoms with van der Waals surface area (Å²) in [5.74, 6) is 0.798. The molecular weight excluding hydrogens is 258 g/mol.